The molecule has 94 valence electrons. The molecule has 2 rings (SSSR count). The highest BCUT2D eigenvalue weighted by Gasteiger charge is 2.15. The van der Waals surface area contributed by atoms with Crippen LogP contribution in [0.5, 0.6) is 0 Å². The van der Waals surface area contributed by atoms with Crippen LogP contribution in [0.2, 0.25) is 0 Å². The van der Waals surface area contributed by atoms with Gasteiger partial charge in [-0.3, -0.25) is 14.6 Å². The van der Waals surface area contributed by atoms with Crippen molar-refractivity contribution in [1.29, 1.82) is 0 Å². The van der Waals surface area contributed by atoms with Crippen LogP contribution in [0.15, 0.2) is 27.9 Å². The lowest BCUT2D eigenvalue weighted by Crippen LogP contribution is -2.32. The van der Waals surface area contributed by atoms with E-state index in [0.29, 0.717) is 5.82 Å². The van der Waals surface area contributed by atoms with Gasteiger partial charge in [0.2, 0.25) is 0 Å². The van der Waals surface area contributed by atoms with Crippen LogP contribution in [0.1, 0.15) is 29.1 Å². The quantitative estimate of drug-likeness (QED) is 0.573. The maximum atomic E-state index is 11.8. The molecule has 2 aromatic rings. The second-order valence-corrected chi connectivity index (χ2v) is 3.67. The van der Waals surface area contributed by atoms with Gasteiger partial charge in [0, 0.05) is 6.20 Å². The van der Waals surface area contributed by atoms with Crippen molar-refractivity contribution in [3.05, 3.63) is 50.6 Å². The summed E-state index contributed by atoms with van der Waals surface area (Å²) in [4.78, 5) is 38.9. The first-order chi connectivity index (χ1) is 8.58. The number of hydrogen-bond acceptors (Lipinski definition) is 4. The molecule has 18 heavy (non-hydrogen) atoms. The molecule has 2 heterocycles. The van der Waals surface area contributed by atoms with E-state index in [9.17, 15) is 14.4 Å². The van der Waals surface area contributed by atoms with E-state index in [4.69, 9.17) is 0 Å². The van der Waals surface area contributed by atoms with E-state index in [-0.39, 0.29) is 5.56 Å². The lowest BCUT2D eigenvalue weighted by molar-refractivity contribution is 0.0937. The van der Waals surface area contributed by atoms with Gasteiger partial charge in [0.1, 0.15) is 5.56 Å². The minimum Gasteiger partial charge on any atom is -0.342 e. The Morgan fingerprint density at radius 2 is 2.22 bits per heavy atom. The number of nitrogens with zero attached hydrogens (tertiary/aromatic N) is 1. The number of amides is 1. The summed E-state index contributed by atoms with van der Waals surface area (Å²) < 4.78 is 0. The predicted molar refractivity (Wildman–Crippen MR) is 62.2 cm³/mol. The molecule has 0 aromatic carbocycles. The van der Waals surface area contributed by atoms with Gasteiger partial charge >= 0.3 is 5.69 Å². The number of hydrogen-bond donors (Lipinski definition) is 4. The fourth-order valence-corrected chi connectivity index (χ4v) is 1.43. The molecule has 0 saturated heterocycles. The number of H-pyrrole nitrogens is 3. The van der Waals surface area contributed by atoms with Crippen LogP contribution >= 0.6 is 0 Å². The number of nitrogens with one attached hydrogen (secondary N) is 4. The topological polar surface area (TPSA) is 123 Å². The summed E-state index contributed by atoms with van der Waals surface area (Å²) in [5, 5.41) is 8.44. The predicted octanol–water partition coefficient (Wildman–Crippen LogP) is -0.723. The van der Waals surface area contributed by atoms with E-state index >= 15 is 0 Å². The SMILES string of the molecule is CC(NC(=O)c1ccc[nH]c1=O)c1n[nH]c(=O)[nH]1. The largest absolute Gasteiger partial charge is 0.342 e. The minimum atomic E-state index is -0.534. The van der Waals surface area contributed by atoms with Crippen LogP contribution < -0.4 is 16.6 Å². The van der Waals surface area contributed by atoms with Crippen LogP contribution in [-0.4, -0.2) is 26.1 Å². The molecular weight excluding hydrogens is 238 g/mol. The zero-order valence-electron chi connectivity index (χ0n) is 9.48. The van der Waals surface area contributed by atoms with Gasteiger partial charge in [0.25, 0.3) is 11.5 Å². The molecule has 4 N–H and O–H groups in total. The summed E-state index contributed by atoms with van der Waals surface area (Å²) in [6.45, 7) is 1.64. The van der Waals surface area contributed by atoms with E-state index in [1.54, 1.807) is 13.0 Å². The third kappa shape index (κ3) is 2.37. The van der Waals surface area contributed by atoms with E-state index in [1.807, 2.05) is 0 Å². The zero-order chi connectivity index (χ0) is 13.1. The number of rotatable bonds is 3. The van der Waals surface area contributed by atoms with Crippen molar-refractivity contribution < 1.29 is 4.79 Å². The number of carbonyl (C=O) groups is 1. The Morgan fingerprint density at radius 1 is 1.44 bits per heavy atom. The summed E-state index contributed by atoms with van der Waals surface area (Å²) in [6.07, 6.45) is 1.44. The normalized spacial score (nSPS) is 12.1. The van der Waals surface area contributed by atoms with Gasteiger partial charge < -0.3 is 10.3 Å². The highest BCUT2D eigenvalue weighted by molar-refractivity contribution is 5.93. The van der Waals surface area contributed by atoms with Crippen molar-refractivity contribution in [2.24, 2.45) is 0 Å². The molecule has 0 saturated carbocycles. The molecule has 0 aliphatic heterocycles. The van der Waals surface area contributed by atoms with E-state index in [0.717, 1.165) is 0 Å². The van der Waals surface area contributed by atoms with E-state index in [2.05, 4.69) is 25.5 Å². The summed E-state index contributed by atoms with van der Waals surface area (Å²) in [7, 11) is 0. The average molecular weight is 249 g/mol. The van der Waals surface area contributed by atoms with Gasteiger partial charge in [-0.1, -0.05) is 0 Å². The Hall–Kier alpha value is -2.64. The third-order valence-electron chi connectivity index (χ3n) is 2.34. The fraction of sp³-hybridized carbons (Fsp3) is 0.200. The molecule has 0 aliphatic carbocycles. The molecule has 0 aliphatic rings. The first-order valence-corrected chi connectivity index (χ1v) is 5.21. The molecule has 8 heteroatoms. The molecule has 0 spiro atoms. The number of pyridine rings is 1. The summed E-state index contributed by atoms with van der Waals surface area (Å²) in [6, 6.07) is 2.45. The Morgan fingerprint density at radius 3 is 2.83 bits per heavy atom. The first-order valence-electron chi connectivity index (χ1n) is 5.21. The van der Waals surface area contributed by atoms with Gasteiger partial charge in [-0.05, 0) is 19.1 Å². The van der Waals surface area contributed by atoms with Crippen molar-refractivity contribution in [2.45, 2.75) is 13.0 Å². The van der Waals surface area contributed by atoms with Crippen molar-refractivity contribution in [1.82, 2.24) is 25.5 Å². The first kappa shape index (κ1) is 11.8. The smallest absolute Gasteiger partial charge is 0.340 e. The van der Waals surface area contributed by atoms with E-state index < -0.39 is 23.2 Å². The van der Waals surface area contributed by atoms with Crippen molar-refractivity contribution in [2.75, 3.05) is 0 Å². The number of carbonyl (C=O) groups excluding carboxylic acids is 1. The standard InChI is InChI=1S/C10H11N5O3/c1-5(7-13-10(18)15-14-7)12-9(17)6-3-2-4-11-8(6)16/h2-5H,1H3,(H,11,16)(H,12,17)(H2,13,14,15,18). The molecule has 0 radical (unpaired) electrons. The zero-order valence-corrected chi connectivity index (χ0v) is 9.48. The van der Waals surface area contributed by atoms with Gasteiger partial charge in [0.15, 0.2) is 5.82 Å². The van der Waals surface area contributed by atoms with E-state index in [1.165, 1.54) is 12.3 Å². The molecule has 2 aromatic heterocycles. The molecule has 8 nitrogen and oxygen atoms in total. The minimum absolute atomic E-state index is 0.00207. The van der Waals surface area contributed by atoms with Gasteiger partial charge in [-0.25, -0.2) is 9.89 Å². The van der Waals surface area contributed by atoms with Crippen molar-refractivity contribution in [3.63, 3.8) is 0 Å². The van der Waals surface area contributed by atoms with Crippen LogP contribution in [0.25, 0.3) is 0 Å². The van der Waals surface area contributed by atoms with Crippen molar-refractivity contribution >= 4 is 5.91 Å². The number of aromatic nitrogens is 4. The van der Waals surface area contributed by atoms with Crippen LogP contribution in [0.4, 0.5) is 0 Å². The molecule has 1 atom stereocenters. The fourth-order valence-electron chi connectivity index (χ4n) is 1.43. The summed E-state index contributed by atoms with van der Waals surface area (Å²) >= 11 is 0. The highest BCUT2D eigenvalue weighted by Crippen LogP contribution is 2.03. The van der Waals surface area contributed by atoms with Crippen LogP contribution in [0.3, 0.4) is 0 Å². The molecule has 1 unspecified atom stereocenters. The van der Waals surface area contributed by atoms with Crippen LogP contribution in [0, 0.1) is 0 Å². The average Bonchev–Trinajstić information content (AvgIpc) is 2.76. The Kier molecular flexibility index (Phi) is 3.09. The van der Waals surface area contributed by atoms with Crippen molar-refractivity contribution in [3.8, 4) is 0 Å². The monoisotopic (exact) mass is 249 g/mol. The van der Waals surface area contributed by atoms with Crippen LogP contribution in [-0.2, 0) is 0 Å². The maximum Gasteiger partial charge on any atom is 0.340 e. The molecule has 0 fully saturated rings. The maximum absolute atomic E-state index is 11.8. The summed E-state index contributed by atoms with van der Waals surface area (Å²) in [5.74, 6) is -0.242. The second kappa shape index (κ2) is 4.70. The second-order valence-electron chi connectivity index (χ2n) is 3.67. The Labute approximate surface area is 100 Å². The number of aromatic amines is 3. The molecule has 1 amide bonds. The lowest BCUT2D eigenvalue weighted by Gasteiger charge is -2.09. The molecular formula is C10H11N5O3. The van der Waals surface area contributed by atoms with Gasteiger partial charge in [-0.2, -0.15) is 5.10 Å². The third-order valence-corrected chi connectivity index (χ3v) is 2.34. The highest BCUT2D eigenvalue weighted by atomic mass is 16.2. The Bertz CT molecular complexity index is 668. The van der Waals surface area contributed by atoms with Gasteiger partial charge in [-0.15, -0.1) is 0 Å². The van der Waals surface area contributed by atoms with Gasteiger partial charge in [0.05, 0.1) is 6.04 Å². The Balaban J connectivity index is 2.15. The molecule has 0 bridgehead atoms. The summed E-state index contributed by atoms with van der Waals surface area (Å²) in [5.41, 5.74) is -0.927. The lowest BCUT2D eigenvalue weighted by atomic mass is 10.2.